The van der Waals surface area contributed by atoms with Gasteiger partial charge < -0.3 is 25.2 Å². The fourth-order valence-electron chi connectivity index (χ4n) is 4.79. The van der Waals surface area contributed by atoms with Gasteiger partial charge in [0.05, 0.1) is 6.61 Å². The second-order valence-electron chi connectivity index (χ2n) is 8.94. The first-order valence-electron chi connectivity index (χ1n) is 11.3. The molecular weight excluding hydrogens is 426 g/mol. The highest BCUT2D eigenvalue weighted by molar-refractivity contribution is 7.99. The minimum atomic E-state index is -1.33. The quantitative estimate of drug-likeness (QED) is 0.546. The van der Waals surface area contributed by atoms with Crippen LogP contribution in [0.5, 0.6) is 0 Å². The number of ether oxygens (including phenoxy) is 1. The van der Waals surface area contributed by atoms with Crippen molar-refractivity contribution in [3.8, 4) is 0 Å². The van der Waals surface area contributed by atoms with Crippen molar-refractivity contribution < 1.29 is 25.2 Å². The van der Waals surface area contributed by atoms with Crippen LogP contribution >= 0.6 is 11.8 Å². The van der Waals surface area contributed by atoms with E-state index in [-0.39, 0.29) is 0 Å². The number of aliphatic hydroxyl groups is 4. The van der Waals surface area contributed by atoms with Gasteiger partial charge in [0, 0.05) is 22.9 Å². The first kappa shape index (κ1) is 23.7. The maximum absolute atomic E-state index is 10.4. The molecule has 0 saturated carbocycles. The smallest absolute Gasteiger partial charge is 0.140 e. The summed E-state index contributed by atoms with van der Waals surface area (Å²) in [4.78, 5) is 4.55. The van der Waals surface area contributed by atoms with Crippen LogP contribution < -0.4 is 0 Å². The Hall–Kier alpha value is -1.45. The van der Waals surface area contributed by atoms with E-state index in [1.807, 2.05) is 16.7 Å². The van der Waals surface area contributed by atoms with Gasteiger partial charge >= 0.3 is 0 Å². The van der Waals surface area contributed by atoms with Gasteiger partial charge in [0.1, 0.15) is 30.6 Å². The third-order valence-electron chi connectivity index (χ3n) is 6.67. The lowest BCUT2D eigenvalue weighted by atomic mass is 9.88. The molecule has 174 valence electrons. The molecule has 7 heteroatoms. The average molecular weight is 460 g/mol. The maximum atomic E-state index is 10.4. The van der Waals surface area contributed by atoms with Gasteiger partial charge in [-0.25, -0.2) is 0 Å². The summed E-state index contributed by atoms with van der Waals surface area (Å²) < 4.78 is 5.75. The number of piperidine rings is 1. The van der Waals surface area contributed by atoms with E-state index in [2.05, 4.69) is 56.3 Å². The molecule has 0 bridgehead atoms. The number of aliphatic hydroxyl groups excluding tert-OH is 4. The molecule has 5 unspecified atom stereocenters. The van der Waals surface area contributed by atoms with Crippen molar-refractivity contribution in [3.05, 3.63) is 59.2 Å². The molecule has 4 rings (SSSR count). The van der Waals surface area contributed by atoms with Crippen molar-refractivity contribution in [2.75, 3.05) is 19.7 Å². The van der Waals surface area contributed by atoms with Crippen LogP contribution in [0, 0.1) is 13.8 Å². The highest BCUT2D eigenvalue weighted by Gasteiger charge is 2.46. The van der Waals surface area contributed by atoms with Crippen molar-refractivity contribution in [1.29, 1.82) is 0 Å². The Morgan fingerprint density at radius 1 is 0.938 bits per heavy atom. The molecule has 0 radical (unpaired) electrons. The second kappa shape index (κ2) is 10.2. The molecule has 5 atom stereocenters. The molecule has 0 amide bonds. The van der Waals surface area contributed by atoms with Crippen LogP contribution in [0.4, 0.5) is 0 Å². The molecule has 0 spiro atoms. The van der Waals surface area contributed by atoms with Crippen LogP contribution in [0.1, 0.15) is 35.4 Å². The number of hydrogen-bond donors (Lipinski definition) is 4. The molecule has 2 aliphatic heterocycles. The van der Waals surface area contributed by atoms with Crippen molar-refractivity contribution in [1.82, 2.24) is 4.90 Å². The third kappa shape index (κ3) is 4.89. The summed E-state index contributed by atoms with van der Waals surface area (Å²) >= 11 is 1.81. The Morgan fingerprint density at radius 2 is 1.66 bits per heavy atom. The van der Waals surface area contributed by atoms with E-state index in [0.717, 1.165) is 12.8 Å². The van der Waals surface area contributed by atoms with Crippen LogP contribution in [-0.4, -0.2) is 75.7 Å². The first-order valence-corrected chi connectivity index (χ1v) is 12.1. The molecule has 4 N–H and O–H groups in total. The molecule has 0 aliphatic carbocycles. The van der Waals surface area contributed by atoms with E-state index in [1.165, 1.54) is 26.5 Å². The third-order valence-corrected chi connectivity index (χ3v) is 7.94. The van der Waals surface area contributed by atoms with Gasteiger partial charge in [-0.15, -0.1) is 0 Å². The number of nitrogens with zero attached hydrogens (tertiary/aromatic N) is 1. The van der Waals surface area contributed by atoms with E-state index >= 15 is 0 Å². The molecule has 2 saturated heterocycles. The Labute approximate surface area is 193 Å². The maximum Gasteiger partial charge on any atom is 0.140 e. The predicted molar refractivity (Wildman–Crippen MR) is 124 cm³/mol. The van der Waals surface area contributed by atoms with Crippen LogP contribution in [0.3, 0.4) is 0 Å². The summed E-state index contributed by atoms with van der Waals surface area (Å²) in [7, 11) is 0. The van der Waals surface area contributed by atoms with Gasteiger partial charge in [-0.2, -0.15) is 0 Å². The Bertz CT molecular complexity index is 915. The van der Waals surface area contributed by atoms with E-state index in [9.17, 15) is 20.4 Å². The van der Waals surface area contributed by atoms with Gasteiger partial charge in [-0.05, 0) is 55.9 Å². The number of likely N-dealkylation sites (tertiary alicyclic amines) is 1. The molecule has 2 aliphatic rings. The zero-order valence-electron chi connectivity index (χ0n) is 18.6. The molecule has 2 aromatic carbocycles. The van der Waals surface area contributed by atoms with Gasteiger partial charge in [-0.1, -0.05) is 47.7 Å². The summed E-state index contributed by atoms with van der Waals surface area (Å²) in [5.41, 5.74) is 3.88. The van der Waals surface area contributed by atoms with E-state index in [0.29, 0.717) is 19.0 Å². The zero-order chi connectivity index (χ0) is 22.8. The van der Waals surface area contributed by atoms with Crippen molar-refractivity contribution in [2.24, 2.45) is 0 Å². The lowest BCUT2D eigenvalue weighted by Crippen LogP contribution is -2.63. The molecular formula is C25H33NO5S. The van der Waals surface area contributed by atoms with E-state index < -0.39 is 37.3 Å². The Kier molecular flexibility index (Phi) is 7.57. The minimum Gasteiger partial charge on any atom is -0.394 e. The Morgan fingerprint density at radius 3 is 2.34 bits per heavy atom. The van der Waals surface area contributed by atoms with Gasteiger partial charge in [0.15, 0.2) is 0 Å². The highest BCUT2D eigenvalue weighted by Crippen LogP contribution is 2.40. The average Bonchev–Trinajstić information content (AvgIpc) is 2.80. The fraction of sp³-hybridized carbons (Fsp3) is 0.520. The van der Waals surface area contributed by atoms with Crippen molar-refractivity contribution in [2.45, 2.75) is 73.0 Å². The van der Waals surface area contributed by atoms with Gasteiger partial charge in [-0.3, -0.25) is 4.90 Å². The van der Waals surface area contributed by atoms with Crippen LogP contribution in [-0.2, 0) is 4.74 Å². The number of hydrogen-bond acceptors (Lipinski definition) is 7. The standard InChI is InChI=1S/C25H33NO5S/c1-15-7-8-20(16(2)13-15)32-21-6-4-3-5-18(21)17-9-11-26(12-10-17)25-24(30)23(29)22(28)19(14-27)31-25/h3-8,13,17,19,22-25,27-30H,9-12,14H2,1-2H3. The van der Waals surface area contributed by atoms with Crippen LogP contribution in [0.2, 0.25) is 0 Å². The fourth-order valence-corrected chi connectivity index (χ4v) is 5.88. The van der Waals surface area contributed by atoms with E-state index in [1.54, 1.807) is 0 Å². The number of benzene rings is 2. The van der Waals surface area contributed by atoms with Crippen LogP contribution in [0.25, 0.3) is 0 Å². The Balaban J connectivity index is 1.45. The topological polar surface area (TPSA) is 93.4 Å². The minimum absolute atomic E-state index is 0.394. The summed E-state index contributed by atoms with van der Waals surface area (Å²) in [5, 5.41) is 40.1. The molecule has 32 heavy (non-hydrogen) atoms. The summed E-state index contributed by atoms with van der Waals surface area (Å²) in [6.45, 7) is 5.27. The van der Waals surface area contributed by atoms with Crippen molar-refractivity contribution in [3.63, 3.8) is 0 Å². The summed E-state index contributed by atoms with van der Waals surface area (Å²) in [6.07, 6.45) is -3.66. The molecule has 0 aromatic heterocycles. The molecule has 2 fully saturated rings. The van der Waals surface area contributed by atoms with Gasteiger partial charge in [0.2, 0.25) is 0 Å². The molecule has 2 heterocycles. The van der Waals surface area contributed by atoms with Crippen LogP contribution in [0.15, 0.2) is 52.3 Å². The lowest BCUT2D eigenvalue weighted by Gasteiger charge is -2.46. The first-order chi connectivity index (χ1) is 15.4. The molecule has 2 aromatic rings. The highest BCUT2D eigenvalue weighted by atomic mass is 32.2. The monoisotopic (exact) mass is 459 g/mol. The van der Waals surface area contributed by atoms with E-state index in [4.69, 9.17) is 4.74 Å². The zero-order valence-corrected chi connectivity index (χ0v) is 19.4. The van der Waals surface area contributed by atoms with Gasteiger partial charge in [0.25, 0.3) is 0 Å². The lowest BCUT2D eigenvalue weighted by molar-refractivity contribution is -0.267. The summed E-state index contributed by atoms with van der Waals surface area (Å²) in [6, 6.07) is 15.1. The SMILES string of the molecule is Cc1ccc(Sc2ccccc2C2CCN(C3OC(CO)C(O)C(O)C3O)CC2)c(C)c1. The normalized spacial score (nSPS) is 29.9. The van der Waals surface area contributed by atoms with Crippen molar-refractivity contribution >= 4 is 11.8 Å². The number of aryl methyl sites for hydroxylation is 2. The molecule has 6 nitrogen and oxygen atoms in total. The number of rotatable bonds is 5. The largest absolute Gasteiger partial charge is 0.394 e. The second-order valence-corrected chi connectivity index (χ2v) is 10.0. The predicted octanol–water partition coefficient (Wildman–Crippen LogP) is 2.43. The summed E-state index contributed by atoms with van der Waals surface area (Å²) in [5.74, 6) is 0.394.